The van der Waals surface area contributed by atoms with Crippen LogP contribution >= 0.6 is 0 Å². The maximum absolute atomic E-state index is 12.1. The van der Waals surface area contributed by atoms with E-state index in [0.717, 1.165) is 5.41 Å². The molecule has 1 fully saturated rings. The van der Waals surface area contributed by atoms with E-state index in [2.05, 4.69) is 0 Å². The van der Waals surface area contributed by atoms with E-state index in [1.807, 2.05) is 0 Å². The van der Waals surface area contributed by atoms with Crippen molar-refractivity contribution in [2.24, 2.45) is 11.1 Å². The van der Waals surface area contributed by atoms with E-state index in [-0.39, 0.29) is 35.4 Å². The average Bonchev–Trinajstić information content (AvgIpc) is 2.88. The standard InChI is InChI=1S/C13H14N2O5S2/c14-22(19,20)8-9-5-13(16)15(7-9)11-2-1-10-3-4-21(17,18)12(10)6-11/h1-4,6,9H,5,7-8H2,(H2,14,19,20). The molecule has 1 aromatic rings. The van der Waals surface area contributed by atoms with Crippen LogP contribution in [0.25, 0.3) is 6.08 Å². The van der Waals surface area contributed by atoms with E-state index < -0.39 is 19.9 Å². The largest absolute Gasteiger partial charge is 0.312 e. The summed E-state index contributed by atoms with van der Waals surface area (Å²) in [7, 11) is -7.10. The summed E-state index contributed by atoms with van der Waals surface area (Å²) in [5.41, 5.74) is 1.03. The van der Waals surface area contributed by atoms with E-state index in [1.54, 1.807) is 12.1 Å². The van der Waals surface area contributed by atoms with Crippen molar-refractivity contribution in [3.8, 4) is 0 Å². The highest BCUT2D eigenvalue weighted by molar-refractivity contribution is 7.94. The van der Waals surface area contributed by atoms with Gasteiger partial charge >= 0.3 is 0 Å². The van der Waals surface area contributed by atoms with Crippen LogP contribution in [0.3, 0.4) is 0 Å². The summed E-state index contributed by atoms with van der Waals surface area (Å²) in [4.78, 5) is 13.6. The molecule has 0 aromatic heterocycles. The molecule has 3 rings (SSSR count). The van der Waals surface area contributed by atoms with Gasteiger partial charge in [0.15, 0.2) is 0 Å². The Morgan fingerprint density at radius 2 is 2.05 bits per heavy atom. The third-order valence-electron chi connectivity index (χ3n) is 3.72. The summed E-state index contributed by atoms with van der Waals surface area (Å²) in [5.74, 6) is -0.887. The van der Waals surface area contributed by atoms with Gasteiger partial charge in [-0.2, -0.15) is 0 Å². The van der Waals surface area contributed by atoms with Gasteiger partial charge in [-0.25, -0.2) is 22.0 Å². The van der Waals surface area contributed by atoms with Crippen molar-refractivity contribution < 1.29 is 21.6 Å². The lowest BCUT2D eigenvalue weighted by atomic mass is 10.1. The van der Waals surface area contributed by atoms with E-state index in [1.165, 1.54) is 17.0 Å². The monoisotopic (exact) mass is 342 g/mol. The smallest absolute Gasteiger partial charge is 0.227 e. The van der Waals surface area contributed by atoms with Crippen molar-refractivity contribution in [2.45, 2.75) is 11.3 Å². The first kappa shape index (κ1) is 15.2. The van der Waals surface area contributed by atoms with E-state index in [4.69, 9.17) is 5.14 Å². The number of nitrogens with two attached hydrogens (primary N) is 1. The fourth-order valence-electron chi connectivity index (χ4n) is 2.78. The Balaban J connectivity index is 1.89. The van der Waals surface area contributed by atoms with Crippen LogP contribution in [-0.2, 0) is 24.7 Å². The number of sulfonamides is 1. The Bertz CT molecular complexity index is 887. The summed E-state index contributed by atoms with van der Waals surface area (Å²) in [6.07, 6.45) is 1.59. The van der Waals surface area contributed by atoms with Crippen LogP contribution in [0.15, 0.2) is 28.5 Å². The van der Waals surface area contributed by atoms with Crippen molar-refractivity contribution in [3.05, 3.63) is 29.2 Å². The fourth-order valence-corrected chi connectivity index (χ4v) is 4.88. The molecule has 1 amide bonds. The number of rotatable bonds is 3. The minimum atomic E-state index is -3.65. The van der Waals surface area contributed by atoms with Crippen LogP contribution < -0.4 is 10.0 Å². The molecule has 1 atom stereocenters. The van der Waals surface area contributed by atoms with Crippen molar-refractivity contribution in [1.82, 2.24) is 0 Å². The second kappa shape index (κ2) is 4.90. The molecule has 2 aliphatic heterocycles. The molecule has 2 N–H and O–H groups in total. The number of hydrogen-bond acceptors (Lipinski definition) is 5. The minimum absolute atomic E-state index is 0.0819. The zero-order valence-electron chi connectivity index (χ0n) is 11.5. The molecule has 0 aliphatic carbocycles. The van der Waals surface area contributed by atoms with Crippen molar-refractivity contribution >= 4 is 37.5 Å². The molecule has 0 saturated carbocycles. The summed E-state index contributed by atoms with van der Waals surface area (Å²) < 4.78 is 46.0. The highest BCUT2D eigenvalue weighted by Crippen LogP contribution is 2.33. The van der Waals surface area contributed by atoms with Crippen molar-refractivity contribution in [2.75, 3.05) is 17.2 Å². The van der Waals surface area contributed by atoms with Gasteiger partial charge in [0.1, 0.15) is 0 Å². The van der Waals surface area contributed by atoms with Gasteiger partial charge in [0.25, 0.3) is 0 Å². The van der Waals surface area contributed by atoms with Gasteiger partial charge in [-0.15, -0.1) is 0 Å². The average molecular weight is 342 g/mol. The lowest BCUT2D eigenvalue weighted by molar-refractivity contribution is -0.117. The Hall–Kier alpha value is -1.71. The van der Waals surface area contributed by atoms with Crippen LogP contribution in [-0.4, -0.2) is 35.0 Å². The fraction of sp³-hybridized carbons (Fsp3) is 0.308. The molecular weight excluding hydrogens is 328 g/mol. The SMILES string of the molecule is NS(=O)(=O)CC1CC(=O)N(c2ccc3c(c2)S(=O)(=O)C=C3)C1. The predicted octanol–water partition coefficient (Wildman–Crippen LogP) is 0.0860. The van der Waals surface area contributed by atoms with E-state index in [9.17, 15) is 21.6 Å². The van der Waals surface area contributed by atoms with Gasteiger partial charge in [0.05, 0.1) is 10.6 Å². The molecule has 118 valence electrons. The number of amides is 1. The van der Waals surface area contributed by atoms with Gasteiger partial charge in [0.2, 0.25) is 25.8 Å². The third-order valence-corrected chi connectivity index (χ3v) is 6.11. The number of fused-ring (bicyclic) bond motifs is 1. The molecular formula is C13H14N2O5S2. The number of anilines is 1. The quantitative estimate of drug-likeness (QED) is 0.836. The number of carbonyl (C=O) groups is 1. The number of nitrogens with zero attached hydrogens (tertiary/aromatic N) is 1. The normalized spacial score (nSPS) is 23.0. The number of carbonyl (C=O) groups excluding carboxylic acids is 1. The van der Waals surface area contributed by atoms with Crippen LogP contribution in [0.4, 0.5) is 5.69 Å². The van der Waals surface area contributed by atoms with Gasteiger partial charge < -0.3 is 4.90 Å². The van der Waals surface area contributed by atoms with Crippen molar-refractivity contribution in [3.63, 3.8) is 0 Å². The van der Waals surface area contributed by atoms with Crippen molar-refractivity contribution in [1.29, 1.82) is 0 Å². The summed E-state index contributed by atoms with van der Waals surface area (Å²) in [5, 5.41) is 6.13. The number of primary sulfonamides is 1. The van der Waals surface area contributed by atoms with E-state index in [0.29, 0.717) is 11.3 Å². The summed E-state index contributed by atoms with van der Waals surface area (Å²) >= 11 is 0. The Morgan fingerprint density at radius 1 is 1.32 bits per heavy atom. The summed E-state index contributed by atoms with van der Waals surface area (Å²) in [6, 6.07) is 4.73. The Kier molecular flexibility index (Phi) is 3.38. The topological polar surface area (TPSA) is 115 Å². The number of benzene rings is 1. The van der Waals surface area contributed by atoms with Crippen LogP contribution in [0.1, 0.15) is 12.0 Å². The zero-order chi connectivity index (χ0) is 16.1. The molecule has 1 aromatic carbocycles. The zero-order valence-corrected chi connectivity index (χ0v) is 13.1. The molecule has 2 aliphatic rings. The maximum Gasteiger partial charge on any atom is 0.227 e. The van der Waals surface area contributed by atoms with Gasteiger partial charge in [0, 0.05) is 30.0 Å². The first-order valence-corrected chi connectivity index (χ1v) is 9.80. The molecule has 1 unspecified atom stereocenters. The van der Waals surface area contributed by atoms with E-state index >= 15 is 0 Å². The third kappa shape index (κ3) is 2.79. The first-order valence-electron chi connectivity index (χ1n) is 6.54. The minimum Gasteiger partial charge on any atom is -0.312 e. The Morgan fingerprint density at radius 3 is 2.73 bits per heavy atom. The lowest BCUT2D eigenvalue weighted by Gasteiger charge is -2.17. The number of sulfone groups is 1. The van der Waals surface area contributed by atoms with Crippen LogP contribution in [0.5, 0.6) is 0 Å². The highest BCUT2D eigenvalue weighted by Gasteiger charge is 2.33. The number of hydrogen-bond donors (Lipinski definition) is 1. The molecule has 0 spiro atoms. The first-order chi connectivity index (χ1) is 10.2. The molecule has 22 heavy (non-hydrogen) atoms. The highest BCUT2D eigenvalue weighted by atomic mass is 32.2. The van der Waals surface area contributed by atoms with Gasteiger partial charge in [-0.1, -0.05) is 6.07 Å². The molecule has 0 bridgehead atoms. The maximum atomic E-state index is 12.1. The lowest BCUT2D eigenvalue weighted by Crippen LogP contribution is -2.27. The van der Waals surface area contributed by atoms with Crippen LogP contribution in [0, 0.1) is 5.92 Å². The predicted molar refractivity (Wildman–Crippen MR) is 81.1 cm³/mol. The molecule has 9 heteroatoms. The summed E-state index contributed by atoms with van der Waals surface area (Å²) in [6.45, 7) is 0.210. The van der Waals surface area contributed by atoms with Crippen LogP contribution in [0.2, 0.25) is 0 Å². The second-order valence-corrected chi connectivity index (χ2v) is 8.93. The van der Waals surface area contributed by atoms with Gasteiger partial charge in [-0.3, -0.25) is 4.79 Å². The molecule has 1 saturated heterocycles. The molecule has 2 heterocycles. The molecule has 7 nitrogen and oxygen atoms in total. The Labute approximate surface area is 128 Å². The second-order valence-electron chi connectivity index (χ2n) is 5.47. The molecule has 0 radical (unpaired) electrons. The van der Waals surface area contributed by atoms with Gasteiger partial charge in [-0.05, 0) is 23.8 Å².